The Morgan fingerprint density at radius 1 is 0.900 bits per heavy atom. The molecule has 0 aliphatic carbocycles. The largest absolute Gasteiger partial charge is 0.462 e. The zero-order valence-corrected chi connectivity index (χ0v) is 17.8. The van der Waals surface area contributed by atoms with Crippen molar-refractivity contribution in [2.75, 3.05) is 6.61 Å². The Bertz CT molecular complexity index is 926. The molecule has 30 heavy (non-hydrogen) atoms. The number of ether oxygens (including phenoxy) is 1. The van der Waals surface area contributed by atoms with E-state index in [4.69, 9.17) is 4.74 Å². The van der Waals surface area contributed by atoms with E-state index in [-0.39, 0.29) is 17.6 Å². The number of nitro benzene ring substituents is 2. The average Bonchev–Trinajstić information content (AvgIpc) is 2.65. The molecule has 0 aromatic heterocycles. The van der Waals surface area contributed by atoms with Crippen LogP contribution in [0, 0.1) is 25.6 Å². The standard InChI is InChI=1S/C22H26N2O6/c1-21(2,3)17-8-6-15(7-9-17)13-22(4,5)14-30-20(25)16-10-18(23(26)27)12-19(11-16)24(28)29/h6-12H,13-14H2,1-5H3. The van der Waals surface area contributed by atoms with Crippen LogP contribution in [0.15, 0.2) is 42.5 Å². The van der Waals surface area contributed by atoms with E-state index < -0.39 is 32.6 Å². The maximum atomic E-state index is 12.4. The van der Waals surface area contributed by atoms with Gasteiger partial charge in [-0.1, -0.05) is 58.9 Å². The second-order valence-electron chi connectivity index (χ2n) is 9.12. The average molecular weight is 414 g/mol. The van der Waals surface area contributed by atoms with Gasteiger partial charge >= 0.3 is 5.97 Å². The molecule has 2 aromatic rings. The third-order valence-corrected chi connectivity index (χ3v) is 4.66. The van der Waals surface area contributed by atoms with Gasteiger partial charge in [0.15, 0.2) is 0 Å². The zero-order valence-electron chi connectivity index (χ0n) is 17.8. The summed E-state index contributed by atoms with van der Waals surface area (Å²) in [5.41, 5.74) is 0.693. The van der Waals surface area contributed by atoms with Gasteiger partial charge in [0.1, 0.15) is 0 Å². The predicted molar refractivity (Wildman–Crippen MR) is 113 cm³/mol. The minimum Gasteiger partial charge on any atom is -0.462 e. The molecule has 0 radical (unpaired) electrons. The summed E-state index contributed by atoms with van der Waals surface area (Å²) in [7, 11) is 0. The Morgan fingerprint density at radius 2 is 1.40 bits per heavy atom. The first-order valence-corrected chi connectivity index (χ1v) is 9.49. The Kier molecular flexibility index (Phi) is 6.60. The molecule has 2 aromatic carbocycles. The third kappa shape index (κ3) is 6.10. The molecule has 0 aliphatic rings. The Labute approximate surface area is 175 Å². The van der Waals surface area contributed by atoms with Gasteiger partial charge < -0.3 is 4.74 Å². The van der Waals surface area contributed by atoms with Crippen molar-refractivity contribution in [3.8, 4) is 0 Å². The molecule has 0 heterocycles. The Hall–Kier alpha value is -3.29. The first-order valence-electron chi connectivity index (χ1n) is 9.49. The molecule has 8 nitrogen and oxygen atoms in total. The number of carbonyl (C=O) groups is 1. The number of rotatable bonds is 7. The molecule has 8 heteroatoms. The highest BCUT2D eigenvalue weighted by atomic mass is 16.6. The summed E-state index contributed by atoms with van der Waals surface area (Å²) in [4.78, 5) is 32.8. The van der Waals surface area contributed by atoms with Crippen LogP contribution in [0.3, 0.4) is 0 Å². The smallest absolute Gasteiger partial charge is 0.338 e. The second-order valence-corrected chi connectivity index (χ2v) is 9.12. The highest BCUT2D eigenvalue weighted by Crippen LogP contribution is 2.27. The minimum atomic E-state index is -0.835. The van der Waals surface area contributed by atoms with Gasteiger partial charge in [-0.25, -0.2) is 4.79 Å². The van der Waals surface area contributed by atoms with Crippen molar-refractivity contribution in [1.29, 1.82) is 0 Å². The molecule has 0 spiro atoms. The molecular formula is C22H26N2O6. The SMILES string of the molecule is CC(C)(COC(=O)c1cc([N+](=O)[O-])cc([N+](=O)[O-])c1)Cc1ccc(C(C)(C)C)cc1. The maximum Gasteiger partial charge on any atom is 0.338 e. The van der Waals surface area contributed by atoms with Crippen molar-refractivity contribution in [2.45, 2.75) is 46.5 Å². The van der Waals surface area contributed by atoms with Crippen LogP contribution in [0.4, 0.5) is 11.4 Å². The number of benzene rings is 2. The molecule has 0 unspecified atom stereocenters. The van der Waals surface area contributed by atoms with E-state index in [9.17, 15) is 25.0 Å². The lowest BCUT2D eigenvalue weighted by Crippen LogP contribution is -2.24. The van der Waals surface area contributed by atoms with Crippen molar-refractivity contribution in [3.05, 3.63) is 79.4 Å². The number of hydrogen-bond donors (Lipinski definition) is 0. The Balaban J connectivity index is 2.09. The van der Waals surface area contributed by atoms with Gasteiger partial charge in [-0.2, -0.15) is 0 Å². The van der Waals surface area contributed by atoms with Crippen LogP contribution in [-0.2, 0) is 16.6 Å². The quantitative estimate of drug-likeness (QED) is 0.348. The number of carbonyl (C=O) groups excluding carboxylic acids is 1. The minimum absolute atomic E-state index is 0.0589. The number of esters is 1. The molecule has 2 rings (SSSR count). The maximum absolute atomic E-state index is 12.4. The fraction of sp³-hybridized carbons (Fsp3) is 0.409. The fourth-order valence-corrected chi connectivity index (χ4v) is 2.99. The monoisotopic (exact) mass is 414 g/mol. The van der Waals surface area contributed by atoms with E-state index in [1.807, 2.05) is 26.0 Å². The Morgan fingerprint density at radius 3 is 1.83 bits per heavy atom. The first kappa shape index (κ1) is 23.0. The van der Waals surface area contributed by atoms with Crippen molar-refractivity contribution in [2.24, 2.45) is 5.41 Å². The molecule has 0 aliphatic heterocycles. The highest BCUT2D eigenvalue weighted by molar-refractivity contribution is 5.91. The number of nitro groups is 2. The predicted octanol–water partition coefficient (Wildman–Crippen LogP) is 5.23. The van der Waals surface area contributed by atoms with Crippen LogP contribution in [-0.4, -0.2) is 22.4 Å². The second kappa shape index (κ2) is 8.61. The van der Waals surface area contributed by atoms with Gasteiger partial charge in [-0.3, -0.25) is 20.2 Å². The van der Waals surface area contributed by atoms with Gasteiger partial charge in [0.25, 0.3) is 11.4 Å². The summed E-state index contributed by atoms with van der Waals surface area (Å²) in [5, 5.41) is 22.0. The van der Waals surface area contributed by atoms with E-state index in [0.29, 0.717) is 6.42 Å². The lowest BCUT2D eigenvalue weighted by molar-refractivity contribution is -0.394. The van der Waals surface area contributed by atoms with Gasteiger partial charge in [-0.15, -0.1) is 0 Å². The molecule has 0 atom stereocenters. The van der Waals surface area contributed by atoms with E-state index in [1.54, 1.807) is 0 Å². The summed E-state index contributed by atoms with van der Waals surface area (Å²) in [6.45, 7) is 10.4. The van der Waals surface area contributed by atoms with Crippen LogP contribution in [0.2, 0.25) is 0 Å². The van der Waals surface area contributed by atoms with Crippen LogP contribution >= 0.6 is 0 Å². The molecule has 0 fully saturated rings. The van der Waals surface area contributed by atoms with E-state index in [2.05, 4.69) is 32.9 Å². The summed E-state index contributed by atoms with van der Waals surface area (Å²) in [6, 6.07) is 11.0. The van der Waals surface area contributed by atoms with Crippen molar-refractivity contribution in [3.63, 3.8) is 0 Å². The van der Waals surface area contributed by atoms with E-state index in [1.165, 1.54) is 5.56 Å². The summed E-state index contributed by atoms with van der Waals surface area (Å²) in [5.74, 6) is -0.835. The van der Waals surface area contributed by atoms with Gasteiger partial charge in [0.2, 0.25) is 0 Å². The highest BCUT2D eigenvalue weighted by Gasteiger charge is 2.25. The topological polar surface area (TPSA) is 113 Å². The zero-order chi connectivity index (χ0) is 22.7. The molecule has 0 saturated heterocycles. The number of nitrogens with zero attached hydrogens (tertiary/aromatic N) is 2. The number of hydrogen-bond acceptors (Lipinski definition) is 6. The molecule has 0 bridgehead atoms. The van der Waals surface area contributed by atoms with Crippen LogP contribution < -0.4 is 0 Å². The molecule has 0 saturated carbocycles. The summed E-state index contributed by atoms with van der Waals surface area (Å²) < 4.78 is 5.33. The molecule has 0 amide bonds. The molecule has 160 valence electrons. The fourth-order valence-electron chi connectivity index (χ4n) is 2.99. The van der Waals surface area contributed by atoms with E-state index in [0.717, 1.165) is 23.8 Å². The van der Waals surface area contributed by atoms with Gasteiger partial charge in [0.05, 0.1) is 28.1 Å². The number of non-ortho nitro benzene ring substituents is 2. The summed E-state index contributed by atoms with van der Waals surface area (Å²) in [6.07, 6.45) is 0.653. The van der Waals surface area contributed by atoms with Crippen LogP contribution in [0.1, 0.15) is 56.1 Å². The lowest BCUT2D eigenvalue weighted by Gasteiger charge is -2.25. The normalized spacial score (nSPS) is 11.8. The molecule has 0 N–H and O–H groups in total. The van der Waals surface area contributed by atoms with Crippen LogP contribution in [0.25, 0.3) is 0 Å². The molecular weight excluding hydrogens is 388 g/mol. The van der Waals surface area contributed by atoms with Crippen molar-refractivity contribution in [1.82, 2.24) is 0 Å². The van der Waals surface area contributed by atoms with Crippen molar-refractivity contribution < 1.29 is 19.4 Å². The van der Waals surface area contributed by atoms with Gasteiger partial charge in [0, 0.05) is 17.5 Å². The van der Waals surface area contributed by atoms with E-state index >= 15 is 0 Å². The lowest BCUT2D eigenvalue weighted by atomic mass is 9.83. The van der Waals surface area contributed by atoms with Crippen LogP contribution in [0.5, 0.6) is 0 Å². The first-order chi connectivity index (χ1) is 13.8. The van der Waals surface area contributed by atoms with Crippen molar-refractivity contribution >= 4 is 17.3 Å². The summed E-state index contributed by atoms with van der Waals surface area (Å²) >= 11 is 0. The third-order valence-electron chi connectivity index (χ3n) is 4.66. The van der Waals surface area contributed by atoms with Gasteiger partial charge in [-0.05, 0) is 23.0 Å².